The Kier molecular flexibility index (Phi) is 15.1. The Labute approximate surface area is 150 Å². The summed E-state index contributed by atoms with van der Waals surface area (Å²) in [5.41, 5.74) is 0. The van der Waals surface area contributed by atoms with Crippen molar-refractivity contribution in [1.29, 1.82) is 0 Å². The third kappa shape index (κ3) is 14.2. The zero-order valence-electron chi connectivity index (χ0n) is 15.9. The van der Waals surface area contributed by atoms with Gasteiger partial charge in [-0.3, -0.25) is 4.55 Å². The zero-order chi connectivity index (χ0) is 18.3. The molecule has 24 heavy (non-hydrogen) atoms. The Morgan fingerprint density at radius 3 is 1.58 bits per heavy atom. The van der Waals surface area contributed by atoms with Crippen LogP contribution in [0.15, 0.2) is 0 Å². The predicted octanol–water partition coefficient (Wildman–Crippen LogP) is 5.50. The highest BCUT2D eigenvalue weighted by Gasteiger charge is 2.23. The van der Waals surface area contributed by atoms with Crippen molar-refractivity contribution >= 4 is 10.1 Å². The summed E-state index contributed by atoms with van der Waals surface area (Å²) in [6.07, 6.45) is 15.0. The summed E-state index contributed by atoms with van der Waals surface area (Å²) in [6.45, 7) is 4.11. The first kappa shape index (κ1) is 23.9. The Hall–Kier alpha value is -0.130. The van der Waals surface area contributed by atoms with Crippen LogP contribution < -0.4 is 0 Å². The summed E-state index contributed by atoms with van der Waals surface area (Å²) in [5.74, 6) is 0. The summed E-state index contributed by atoms with van der Waals surface area (Å²) < 4.78 is 32.2. The number of rotatable bonds is 17. The molecule has 146 valence electrons. The van der Waals surface area contributed by atoms with Gasteiger partial charge < -0.3 is 5.11 Å². The van der Waals surface area contributed by atoms with Crippen molar-refractivity contribution in [1.82, 2.24) is 0 Å². The number of aliphatic hydroxyl groups excluding tert-OH is 1. The monoisotopic (exact) mass is 364 g/mol. The Balaban J connectivity index is 3.66. The molecule has 0 aromatic carbocycles. The molecule has 0 aromatic heterocycles. The second kappa shape index (κ2) is 15.2. The molecular weight excluding hydrogens is 324 g/mol. The minimum atomic E-state index is -3.99. The number of hydrogen-bond acceptors (Lipinski definition) is 3. The van der Waals surface area contributed by atoms with Crippen molar-refractivity contribution in [3.8, 4) is 0 Å². The number of hydrogen-bond donors (Lipinski definition) is 2. The number of aliphatic hydroxyl groups is 1. The first-order valence-corrected chi connectivity index (χ1v) is 11.6. The van der Waals surface area contributed by atoms with E-state index in [9.17, 15) is 18.1 Å². The molecule has 2 N–H and O–H groups in total. The third-order valence-corrected chi connectivity index (χ3v) is 6.16. The molecule has 0 heterocycles. The SMILES string of the molecule is CCCCCCCCCCCCCC(CCC(O)CC)S(=O)(=O)O. The molecule has 0 rings (SSSR count). The van der Waals surface area contributed by atoms with Crippen LogP contribution in [-0.2, 0) is 10.1 Å². The second-order valence-electron chi connectivity index (χ2n) is 7.10. The van der Waals surface area contributed by atoms with Gasteiger partial charge in [-0.05, 0) is 25.7 Å². The molecule has 0 aliphatic carbocycles. The van der Waals surface area contributed by atoms with Crippen molar-refractivity contribution in [2.24, 2.45) is 0 Å². The minimum Gasteiger partial charge on any atom is -0.393 e. The van der Waals surface area contributed by atoms with E-state index < -0.39 is 21.5 Å². The highest BCUT2D eigenvalue weighted by Crippen LogP contribution is 2.19. The van der Waals surface area contributed by atoms with Crippen molar-refractivity contribution in [2.45, 2.75) is 122 Å². The maximum absolute atomic E-state index is 11.4. The van der Waals surface area contributed by atoms with Gasteiger partial charge in [-0.2, -0.15) is 8.42 Å². The molecule has 0 aliphatic rings. The molecule has 0 fully saturated rings. The van der Waals surface area contributed by atoms with Gasteiger partial charge in [0.2, 0.25) is 0 Å². The maximum atomic E-state index is 11.4. The predicted molar refractivity (Wildman–Crippen MR) is 102 cm³/mol. The largest absolute Gasteiger partial charge is 0.393 e. The van der Waals surface area contributed by atoms with Gasteiger partial charge in [-0.25, -0.2) is 0 Å². The molecule has 0 spiro atoms. The summed E-state index contributed by atoms with van der Waals surface area (Å²) in [7, 11) is -3.99. The molecule has 0 bridgehead atoms. The topological polar surface area (TPSA) is 74.6 Å². The average Bonchev–Trinajstić information content (AvgIpc) is 2.53. The smallest absolute Gasteiger partial charge is 0.267 e. The summed E-state index contributed by atoms with van der Waals surface area (Å²) in [6, 6.07) is 0. The van der Waals surface area contributed by atoms with Crippen LogP contribution in [-0.4, -0.2) is 29.4 Å². The highest BCUT2D eigenvalue weighted by atomic mass is 32.2. The summed E-state index contributed by atoms with van der Waals surface area (Å²) in [4.78, 5) is 0. The second-order valence-corrected chi connectivity index (χ2v) is 8.80. The molecule has 0 radical (unpaired) electrons. The van der Waals surface area contributed by atoms with Gasteiger partial charge in [0.25, 0.3) is 10.1 Å². The molecule has 5 heteroatoms. The fourth-order valence-electron chi connectivity index (χ4n) is 3.06. The average molecular weight is 365 g/mol. The van der Waals surface area contributed by atoms with Gasteiger partial charge >= 0.3 is 0 Å². The lowest BCUT2D eigenvalue weighted by Crippen LogP contribution is -2.22. The summed E-state index contributed by atoms with van der Waals surface area (Å²) >= 11 is 0. The van der Waals surface area contributed by atoms with Crippen LogP contribution in [0.25, 0.3) is 0 Å². The van der Waals surface area contributed by atoms with Gasteiger partial charge in [0.1, 0.15) is 0 Å². The van der Waals surface area contributed by atoms with Crippen molar-refractivity contribution in [3.63, 3.8) is 0 Å². The van der Waals surface area contributed by atoms with Crippen molar-refractivity contribution < 1.29 is 18.1 Å². The van der Waals surface area contributed by atoms with E-state index in [1.54, 1.807) is 0 Å². The van der Waals surface area contributed by atoms with E-state index in [4.69, 9.17) is 0 Å². The van der Waals surface area contributed by atoms with Crippen LogP contribution in [0.5, 0.6) is 0 Å². The van der Waals surface area contributed by atoms with Crippen LogP contribution in [0, 0.1) is 0 Å². The Morgan fingerprint density at radius 2 is 1.17 bits per heavy atom. The van der Waals surface area contributed by atoms with Crippen LogP contribution in [0.3, 0.4) is 0 Å². The van der Waals surface area contributed by atoms with Gasteiger partial charge in [-0.15, -0.1) is 0 Å². The molecular formula is C19H40O4S. The molecule has 2 atom stereocenters. The van der Waals surface area contributed by atoms with Gasteiger partial charge in [0.05, 0.1) is 11.4 Å². The maximum Gasteiger partial charge on any atom is 0.267 e. The molecule has 2 unspecified atom stereocenters. The van der Waals surface area contributed by atoms with E-state index in [0.717, 1.165) is 19.3 Å². The van der Waals surface area contributed by atoms with Crippen molar-refractivity contribution in [3.05, 3.63) is 0 Å². The van der Waals surface area contributed by atoms with Crippen molar-refractivity contribution in [2.75, 3.05) is 0 Å². The Morgan fingerprint density at radius 1 is 0.708 bits per heavy atom. The van der Waals surface area contributed by atoms with Crippen LogP contribution >= 0.6 is 0 Å². The molecule has 0 saturated heterocycles. The van der Waals surface area contributed by atoms with E-state index in [2.05, 4.69) is 6.92 Å². The van der Waals surface area contributed by atoms with Crippen LogP contribution in [0.4, 0.5) is 0 Å². The van der Waals surface area contributed by atoms with E-state index in [1.165, 1.54) is 51.4 Å². The first-order valence-electron chi connectivity index (χ1n) is 10.1. The van der Waals surface area contributed by atoms with E-state index in [1.807, 2.05) is 6.92 Å². The molecule has 4 nitrogen and oxygen atoms in total. The van der Waals surface area contributed by atoms with Crippen LogP contribution in [0.2, 0.25) is 0 Å². The molecule has 0 aliphatic heterocycles. The first-order chi connectivity index (χ1) is 11.4. The fourth-order valence-corrected chi connectivity index (χ4v) is 3.96. The lowest BCUT2D eigenvalue weighted by molar-refractivity contribution is 0.156. The molecule has 0 aromatic rings. The highest BCUT2D eigenvalue weighted by molar-refractivity contribution is 7.86. The van der Waals surface area contributed by atoms with Gasteiger partial charge in [-0.1, -0.05) is 84.5 Å². The lowest BCUT2D eigenvalue weighted by Gasteiger charge is -2.15. The lowest BCUT2D eigenvalue weighted by atomic mass is 10.0. The summed E-state index contributed by atoms with van der Waals surface area (Å²) in [5, 5.41) is 8.85. The van der Waals surface area contributed by atoms with E-state index >= 15 is 0 Å². The quantitative estimate of drug-likeness (QED) is 0.264. The zero-order valence-corrected chi connectivity index (χ0v) is 16.7. The third-order valence-electron chi connectivity index (χ3n) is 4.84. The molecule has 0 saturated carbocycles. The minimum absolute atomic E-state index is 0.353. The van der Waals surface area contributed by atoms with Crippen LogP contribution in [0.1, 0.15) is 110 Å². The van der Waals surface area contributed by atoms with E-state index in [-0.39, 0.29) is 0 Å². The van der Waals surface area contributed by atoms with E-state index in [0.29, 0.717) is 25.7 Å². The fraction of sp³-hybridized carbons (Fsp3) is 1.00. The van der Waals surface area contributed by atoms with Gasteiger partial charge in [0, 0.05) is 0 Å². The molecule has 0 amide bonds. The van der Waals surface area contributed by atoms with Gasteiger partial charge in [0.15, 0.2) is 0 Å². The normalized spacial score (nSPS) is 14.7. The standard InChI is InChI=1S/C19H40O4S/c1-3-5-6-7-8-9-10-11-12-13-14-15-19(24(21,22)23)17-16-18(20)4-2/h18-20H,3-17H2,1-2H3,(H,21,22,23). The Bertz CT molecular complexity index is 368. The number of unbranched alkanes of at least 4 members (excludes halogenated alkanes) is 10.